The first-order valence-electron chi connectivity index (χ1n) is 8.10. The number of rotatable bonds is 6. The van der Waals surface area contributed by atoms with Gasteiger partial charge in [0, 0.05) is 37.3 Å². The van der Waals surface area contributed by atoms with Crippen LogP contribution >= 0.6 is 23.2 Å². The first-order chi connectivity index (χ1) is 12.0. The number of hydrogen-bond donors (Lipinski definition) is 1. The van der Waals surface area contributed by atoms with Gasteiger partial charge in [0.2, 0.25) is 5.91 Å². The molecule has 0 unspecified atom stereocenters. The van der Waals surface area contributed by atoms with Crippen molar-refractivity contribution in [3.05, 3.63) is 46.2 Å². The monoisotopic (exact) mass is 380 g/mol. The van der Waals surface area contributed by atoms with Gasteiger partial charge >= 0.3 is 0 Å². The van der Waals surface area contributed by atoms with Crippen LogP contribution in [-0.4, -0.2) is 46.1 Å². The summed E-state index contributed by atoms with van der Waals surface area (Å²) in [4.78, 5) is 25.5. The van der Waals surface area contributed by atoms with E-state index in [-0.39, 0.29) is 11.8 Å². The largest absolute Gasteiger partial charge is 0.352 e. The van der Waals surface area contributed by atoms with Crippen molar-refractivity contribution < 1.29 is 9.59 Å². The standard InChI is InChI=1S/C17H18Cl2N4O2/c18-13-4-5-15(14(19)9-13)23-11-12(10-21-23)17(25)20-6-2-8-22-7-1-3-16(22)24/h4-5,9-11H,1-3,6-8H2,(H,20,25). The van der Waals surface area contributed by atoms with Gasteiger partial charge in [-0.15, -0.1) is 0 Å². The van der Waals surface area contributed by atoms with Crippen molar-refractivity contribution in [1.29, 1.82) is 0 Å². The van der Waals surface area contributed by atoms with Crippen LogP contribution < -0.4 is 5.32 Å². The summed E-state index contributed by atoms with van der Waals surface area (Å²) < 4.78 is 1.54. The molecule has 0 bridgehead atoms. The Bertz CT molecular complexity index is 791. The fourth-order valence-electron chi connectivity index (χ4n) is 2.75. The van der Waals surface area contributed by atoms with E-state index in [1.165, 1.54) is 10.9 Å². The lowest BCUT2D eigenvalue weighted by molar-refractivity contribution is -0.127. The van der Waals surface area contributed by atoms with Gasteiger partial charge in [-0.1, -0.05) is 23.2 Å². The summed E-state index contributed by atoms with van der Waals surface area (Å²) in [6.07, 6.45) is 5.41. The fourth-order valence-corrected chi connectivity index (χ4v) is 3.25. The summed E-state index contributed by atoms with van der Waals surface area (Å²) in [5.41, 5.74) is 1.10. The van der Waals surface area contributed by atoms with Crippen LogP contribution in [0.1, 0.15) is 29.6 Å². The molecule has 0 radical (unpaired) electrons. The highest BCUT2D eigenvalue weighted by Crippen LogP contribution is 2.24. The third-order valence-electron chi connectivity index (χ3n) is 4.06. The summed E-state index contributed by atoms with van der Waals surface area (Å²) in [5, 5.41) is 8.01. The van der Waals surface area contributed by atoms with Gasteiger partial charge in [0.25, 0.3) is 5.91 Å². The molecule has 1 N–H and O–H groups in total. The summed E-state index contributed by atoms with van der Waals surface area (Å²) >= 11 is 12.0. The van der Waals surface area contributed by atoms with Crippen molar-refractivity contribution in [2.45, 2.75) is 19.3 Å². The second-order valence-electron chi connectivity index (χ2n) is 5.86. The third kappa shape index (κ3) is 4.32. The number of hydrogen-bond acceptors (Lipinski definition) is 3. The summed E-state index contributed by atoms with van der Waals surface area (Å²) in [7, 11) is 0. The van der Waals surface area contributed by atoms with Gasteiger partial charge in [-0.05, 0) is 31.0 Å². The first kappa shape index (κ1) is 17.8. The smallest absolute Gasteiger partial charge is 0.254 e. The molecule has 2 amide bonds. The maximum atomic E-state index is 12.2. The molecule has 1 saturated heterocycles. The number of aromatic nitrogens is 2. The van der Waals surface area contributed by atoms with Gasteiger partial charge in [0.1, 0.15) is 0 Å². The summed E-state index contributed by atoms with van der Waals surface area (Å²) in [6, 6.07) is 5.08. The van der Waals surface area contributed by atoms with E-state index >= 15 is 0 Å². The van der Waals surface area contributed by atoms with E-state index in [9.17, 15) is 9.59 Å². The number of carbonyl (C=O) groups excluding carboxylic acids is 2. The zero-order valence-corrected chi connectivity index (χ0v) is 15.1. The molecule has 25 heavy (non-hydrogen) atoms. The molecule has 0 saturated carbocycles. The molecule has 0 atom stereocenters. The van der Waals surface area contributed by atoms with Crippen LogP contribution in [0.15, 0.2) is 30.6 Å². The van der Waals surface area contributed by atoms with Gasteiger partial charge in [-0.3, -0.25) is 9.59 Å². The normalized spacial score (nSPS) is 14.2. The lowest BCUT2D eigenvalue weighted by Crippen LogP contribution is -2.30. The highest BCUT2D eigenvalue weighted by molar-refractivity contribution is 6.35. The Morgan fingerprint density at radius 2 is 2.16 bits per heavy atom. The number of amides is 2. The topological polar surface area (TPSA) is 67.2 Å². The molecule has 1 aromatic carbocycles. The zero-order chi connectivity index (χ0) is 17.8. The fraction of sp³-hybridized carbons (Fsp3) is 0.353. The molecule has 1 aliphatic heterocycles. The Morgan fingerprint density at radius 1 is 1.32 bits per heavy atom. The minimum atomic E-state index is -0.205. The van der Waals surface area contributed by atoms with Crippen molar-refractivity contribution in [1.82, 2.24) is 20.0 Å². The van der Waals surface area contributed by atoms with E-state index in [4.69, 9.17) is 23.2 Å². The van der Waals surface area contributed by atoms with Crippen LogP contribution in [0.2, 0.25) is 10.0 Å². The van der Waals surface area contributed by atoms with Crippen LogP contribution in [-0.2, 0) is 4.79 Å². The number of benzene rings is 1. The minimum Gasteiger partial charge on any atom is -0.352 e. The lowest BCUT2D eigenvalue weighted by atomic mass is 10.3. The predicted octanol–water partition coefficient (Wildman–Crippen LogP) is 2.92. The second-order valence-corrected chi connectivity index (χ2v) is 6.71. The Kier molecular flexibility index (Phi) is 5.60. The average Bonchev–Trinajstić information content (AvgIpc) is 3.21. The number of nitrogens with zero attached hydrogens (tertiary/aromatic N) is 3. The molecule has 132 valence electrons. The quantitative estimate of drug-likeness (QED) is 0.783. The first-order valence-corrected chi connectivity index (χ1v) is 8.86. The molecular weight excluding hydrogens is 363 g/mol. The summed E-state index contributed by atoms with van der Waals surface area (Å²) in [5.74, 6) is -0.00321. The predicted molar refractivity (Wildman–Crippen MR) is 96.3 cm³/mol. The molecule has 8 heteroatoms. The van der Waals surface area contributed by atoms with Crippen molar-refractivity contribution in [3.63, 3.8) is 0 Å². The molecule has 1 aliphatic rings. The van der Waals surface area contributed by atoms with E-state index in [2.05, 4.69) is 10.4 Å². The van der Waals surface area contributed by atoms with Gasteiger partial charge in [-0.25, -0.2) is 4.68 Å². The second kappa shape index (κ2) is 7.89. The molecule has 2 heterocycles. The molecule has 0 aliphatic carbocycles. The molecular formula is C17H18Cl2N4O2. The van der Waals surface area contributed by atoms with Crippen LogP contribution in [0.5, 0.6) is 0 Å². The number of likely N-dealkylation sites (tertiary alicyclic amines) is 1. The highest BCUT2D eigenvalue weighted by atomic mass is 35.5. The highest BCUT2D eigenvalue weighted by Gasteiger charge is 2.19. The minimum absolute atomic E-state index is 0.201. The van der Waals surface area contributed by atoms with Crippen LogP contribution in [0, 0.1) is 0 Å². The van der Waals surface area contributed by atoms with Crippen molar-refractivity contribution in [2.24, 2.45) is 0 Å². The van der Waals surface area contributed by atoms with Gasteiger partial charge in [0.05, 0.1) is 22.5 Å². The van der Waals surface area contributed by atoms with E-state index in [1.54, 1.807) is 24.4 Å². The number of carbonyl (C=O) groups is 2. The van der Waals surface area contributed by atoms with Crippen LogP contribution in [0.25, 0.3) is 5.69 Å². The zero-order valence-electron chi connectivity index (χ0n) is 13.5. The molecule has 2 aromatic rings. The summed E-state index contributed by atoms with van der Waals surface area (Å²) in [6.45, 7) is 2.01. The van der Waals surface area contributed by atoms with Crippen molar-refractivity contribution in [2.75, 3.05) is 19.6 Å². The molecule has 1 aromatic heterocycles. The molecule has 1 fully saturated rings. The van der Waals surface area contributed by atoms with Gasteiger partial charge in [0.15, 0.2) is 0 Å². The number of nitrogens with one attached hydrogen (secondary N) is 1. The Morgan fingerprint density at radius 3 is 2.88 bits per heavy atom. The molecule has 3 rings (SSSR count). The number of halogens is 2. The average molecular weight is 381 g/mol. The Balaban J connectivity index is 1.53. The SMILES string of the molecule is O=C(NCCCN1CCCC1=O)c1cnn(-c2ccc(Cl)cc2Cl)c1. The Labute approximate surface area is 155 Å². The van der Waals surface area contributed by atoms with E-state index in [0.717, 1.165) is 19.4 Å². The Hall–Kier alpha value is -2.05. The van der Waals surface area contributed by atoms with Crippen LogP contribution in [0.4, 0.5) is 0 Å². The van der Waals surface area contributed by atoms with Crippen molar-refractivity contribution >= 4 is 35.0 Å². The van der Waals surface area contributed by atoms with Gasteiger partial charge < -0.3 is 10.2 Å². The maximum Gasteiger partial charge on any atom is 0.254 e. The van der Waals surface area contributed by atoms with Crippen LogP contribution in [0.3, 0.4) is 0 Å². The van der Waals surface area contributed by atoms with Gasteiger partial charge in [-0.2, -0.15) is 5.10 Å². The molecule has 0 spiro atoms. The van der Waals surface area contributed by atoms with E-state index < -0.39 is 0 Å². The van der Waals surface area contributed by atoms with E-state index in [1.807, 2.05) is 4.90 Å². The maximum absolute atomic E-state index is 12.2. The van der Waals surface area contributed by atoms with Crippen molar-refractivity contribution in [3.8, 4) is 5.69 Å². The lowest BCUT2D eigenvalue weighted by Gasteiger charge is -2.15. The third-order valence-corrected chi connectivity index (χ3v) is 4.60. The molecule has 6 nitrogen and oxygen atoms in total. The van der Waals surface area contributed by atoms with E-state index in [0.29, 0.717) is 40.8 Å².